The third kappa shape index (κ3) is 3.28. The van der Waals surface area contributed by atoms with Crippen LogP contribution in [-0.2, 0) is 16.1 Å². The molecule has 7 heteroatoms. The van der Waals surface area contributed by atoms with Crippen molar-refractivity contribution in [1.82, 2.24) is 14.5 Å². The van der Waals surface area contributed by atoms with E-state index in [4.69, 9.17) is 4.74 Å². The molecule has 1 fully saturated rings. The molecule has 0 radical (unpaired) electrons. The summed E-state index contributed by atoms with van der Waals surface area (Å²) in [7, 11) is 1.38. The summed E-state index contributed by atoms with van der Waals surface area (Å²) in [5.74, 6) is 0.0938. The lowest BCUT2D eigenvalue weighted by molar-refractivity contribution is -0.147. The first-order valence-corrected chi connectivity index (χ1v) is 6.22. The zero-order chi connectivity index (χ0) is 13.8. The lowest BCUT2D eigenvalue weighted by atomic mass is 9.97. The molecule has 1 saturated heterocycles. The Morgan fingerprint density at radius 2 is 2.21 bits per heavy atom. The molecule has 106 valence electrons. The number of hydrogen-bond donors (Lipinski definition) is 0. The van der Waals surface area contributed by atoms with E-state index in [0.717, 1.165) is 4.57 Å². The summed E-state index contributed by atoms with van der Waals surface area (Å²) in [6.07, 6.45) is 4.05. The summed E-state index contributed by atoms with van der Waals surface area (Å²) in [5, 5.41) is 0. The minimum atomic E-state index is -2.56. The van der Waals surface area contributed by atoms with E-state index in [0.29, 0.717) is 38.3 Å². The Hall–Kier alpha value is -1.50. The minimum Gasteiger partial charge on any atom is -0.469 e. The van der Waals surface area contributed by atoms with Gasteiger partial charge in [-0.1, -0.05) is 0 Å². The highest BCUT2D eigenvalue weighted by atomic mass is 19.3. The maximum Gasteiger partial charge on any atom is 0.319 e. The molecule has 0 aliphatic carbocycles. The summed E-state index contributed by atoms with van der Waals surface area (Å²) in [4.78, 5) is 17.4. The van der Waals surface area contributed by atoms with Gasteiger partial charge in [-0.3, -0.25) is 14.3 Å². The van der Waals surface area contributed by atoms with E-state index >= 15 is 0 Å². The predicted octanol–water partition coefficient (Wildman–Crippen LogP) is 1.66. The van der Waals surface area contributed by atoms with Crippen LogP contribution in [0.25, 0.3) is 0 Å². The van der Waals surface area contributed by atoms with Crippen LogP contribution in [0.2, 0.25) is 0 Å². The first-order chi connectivity index (χ1) is 9.11. The normalized spacial score (nSPS) is 17.9. The molecule has 1 aromatic rings. The molecule has 0 saturated carbocycles. The van der Waals surface area contributed by atoms with E-state index in [9.17, 15) is 13.6 Å². The van der Waals surface area contributed by atoms with Crippen molar-refractivity contribution in [2.24, 2.45) is 5.92 Å². The first kappa shape index (κ1) is 13.9. The topological polar surface area (TPSA) is 47.4 Å². The Labute approximate surface area is 110 Å². The van der Waals surface area contributed by atoms with Crippen molar-refractivity contribution in [1.29, 1.82) is 0 Å². The smallest absolute Gasteiger partial charge is 0.319 e. The number of esters is 1. The Bertz CT molecular complexity index is 428. The molecule has 0 atom stereocenters. The van der Waals surface area contributed by atoms with Gasteiger partial charge < -0.3 is 4.74 Å². The Morgan fingerprint density at radius 3 is 2.79 bits per heavy atom. The van der Waals surface area contributed by atoms with E-state index in [1.807, 2.05) is 4.90 Å². The Balaban J connectivity index is 1.89. The van der Waals surface area contributed by atoms with Gasteiger partial charge in [-0.15, -0.1) is 0 Å². The second kappa shape index (κ2) is 6.10. The fourth-order valence-electron chi connectivity index (χ4n) is 2.34. The van der Waals surface area contributed by atoms with Gasteiger partial charge in [-0.25, -0.2) is 4.98 Å². The van der Waals surface area contributed by atoms with E-state index in [1.54, 1.807) is 0 Å². The molecular formula is C12H17F2N3O2. The van der Waals surface area contributed by atoms with Gasteiger partial charge in [0.25, 0.3) is 0 Å². The predicted molar refractivity (Wildman–Crippen MR) is 63.5 cm³/mol. The molecule has 1 aromatic heterocycles. The summed E-state index contributed by atoms with van der Waals surface area (Å²) in [6.45, 7) is -0.804. The molecule has 1 aliphatic heterocycles. The molecule has 0 aromatic carbocycles. The molecule has 0 bridgehead atoms. The van der Waals surface area contributed by atoms with E-state index in [1.165, 1.54) is 19.5 Å². The van der Waals surface area contributed by atoms with Gasteiger partial charge in [0, 0.05) is 12.4 Å². The highest BCUT2D eigenvalue weighted by molar-refractivity contribution is 5.72. The van der Waals surface area contributed by atoms with Gasteiger partial charge in [0.2, 0.25) is 0 Å². The fraction of sp³-hybridized carbons (Fsp3) is 0.667. The number of carbonyl (C=O) groups excluding carboxylic acids is 1. The highest BCUT2D eigenvalue weighted by Gasteiger charge is 2.26. The van der Waals surface area contributed by atoms with Gasteiger partial charge in [-0.05, 0) is 25.9 Å². The van der Waals surface area contributed by atoms with Crippen LogP contribution in [0, 0.1) is 5.92 Å². The fourth-order valence-corrected chi connectivity index (χ4v) is 2.34. The second-order valence-corrected chi connectivity index (χ2v) is 4.60. The van der Waals surface area contributed by atoms with Crippen LogP contribution in [0.5, 0.6) is 0 Å². The number of ether oxygens (including phenoxy) is 1. The number of methoxy groups -OCH3 is 1. The number of likely N-dealkylation sites (tertiary alicyclic amines) is 1. The Morgan fingerprint density at radius 1 is 1.53 bits per heavy atom. The third-order valence-electron chi connectivity index (χ3n) is 3.45. The zero-order valence-electron chi connectivity index (χ0n) is 10.8. The van der Waals surface area contributed by atoms with Crippen molar-refractivity contribution in [3.8, 4) is 0 Å². The van der Waals surface area contributed by atoms with Gasteiger partial charge in [-0.2, -0.15) is 8.78 Å². The van der Waals surface area contributed by atoms with Gasteiger partial charge in [0.15, 0.2) is 0 Å². The van der Waals surface area contributed by atoms with E-state index in [2.05, 4.69) is 4.98 Å². The van der Waals surface area contributed by atoms with Gasteiger partial charge in [0.1, 0.15) is 5.82 Å². The molecule has 1 aliphatic rings. The molecule has 5 nitrogen and oxygen atoms in total. The lowest BCUT2D eigenvalue weighted by Gasteiger charge is -2.30. The van der Waals surface area contributed by atoms with Crippen LogP contribution in [0.15, 0.2) is 12.4 Å². The lowest BCUT2D eigenvalue weighted by Crippen LogP contribution is -2.36. The van der Waals surface area contributed by atoms with Gasteiger partial charge in [0.05, 0.1) is 19.6 Å². The van der Waals surface area contributed by atoms with Gasteiger partial charge >= 0.3 is 12.5 Å². The molecule has 19 heavy (non-hydrogen) atoms. The molecule has 0 spiro atoms. The quantitative estimate of drug-likeness (QED) is 0.783. The average Bonchev–Trinajstić information content (AvgIpc) is 2.87. The molecular weight excluding hydrogens is 256 g/mol. The zero-order valence-corrected chi connectivity index (χ0v) is 10.8. The second-order valence-electron chi connectivity index (χ2n) is 4.60. The van der Waals surface area contributed by atoms with Crippen molar-refractivity contribution in [2.75, 3.05) is 20.2 Å². The van der Waals surface area contributed by atoms with Crippen LogP contribution in [0.3, 0.4) is 0 Å². The van der Waals surface area contributed by atoms with Crippen LogP contribution >= 0.6 is 0 Å². The maximum atomic E-state index is 12.7. The number of nitrogens with zero attached hydrogens (tertiary/aromatic N) is 3. The van der Waals surface area contributed by atoms with Crippen LogP contribution in [-0.4, -0.2) is 40.6 Å². The molecule has 2 rings (SSSR count). The molecule has 0 amide bonds. The average molecular weight is 273 g/mol. The number of aromatic nitrogens is 2. The van der Waals surface area contributed by atoms with E-state index < -0.39 is 6.55 Å². The molecule has 0 unspecified atom stereocenters. The van der Waals surface area contributed by atoms with Crippen LogP contribution in [0.4, 0.5) is 8.78 Å². The monoisotopic (exact) mass is 273 g/mol. The number of imidazole rings is 1. The summed E-state index contributed by atoms with van der Waals surface area (Å²) >= 11 is 0. The Kier molecular flexibility index (Phi) is 4.47. The highest BCUT2D eigenvalue weighted by Crippen LogP contribution is 2.21. The van der Waals surface area contributed by atoms with Crippen molar-refractivity contribution in [3.63, 3.8) is 0 Å². The van der Waals surface area contributed by atoms with Crippen molar-refractivity contribution in [2.45, 2.75) is 25.9 Å². The summed E-state index contributed by atoms with van der Waals surface area (Å²) < 4.78 is 30.9. The first-order valence-electron chi connectivity index (χ1n) is 6.22. The van der Waals surface area contributed by atoms with Crippen molar-refractivity contribution in [3.05, 3.63) is 18.2 Å². The van der Waals surface area contributed by atoms with E-state index in [-0.39, 0.29) is 11.9 Å². The number of halogens is 2. The summed E-state index contributed by atoms with van der Waals surface area (Å²) in [6, 6.07) is 0. The number of alkyl halides is 2. The maximum absolute atomic E-state index is 12.7. The number of hydrogen-bond acceptors (Lipinski definition) is 4. The van der Waals surface area contributed by atoms with Crippen LogP contribution < -0.4 is 0 Å². The van der Waals surface area contributed by atoms with Crippen molar-refractivity contribution < 1.29 is 18.3 Å². The number of carbonyl (C=O) groups is 1. The summed E-state index contributed by atoms with van der Waals surface area (Å²) in [5.41, 5.74) is 0. The SMILES string of the molecule is COC(=O)C1CCN(Cc2nccn2C(F)F)CC1. The molecule has 0 N–H and O–H groups in total. The minimum absolute atomic E-state index is 0.0731. The third-order valence-corrected chi connectivity index (χ3v) is 3.45. The number of rotatable bonds is 4. The standard InChI is InChI=1S/C12H17F2N3O2/c1-19-11(18)9-2-5-16(6-3-9)8-10-15-4-7-17(10)12(13)14/h4,7,9,12H,2-3,5-6,8H2,1H3. The van der Waals surface area contributed by atoms with Crippen LogP contribution in [0.1, 0.15) is 25.2 Å². The largest absolute Gasteiger partial charge is 0.469 e. The van der Waals surface area contributed by atoms with Crippen molar-refractivity contribution >= 4 is 5.97 Å². The molecule has 2 heterocycles. The number of piperidine rings is 1.